The van der Waals surface area contributed by atoms with E-state index in [4.69, 9.17) is 4.52 Å². The summed E-state index contributed by atoms with van der Waals surface area (Å²) in [6.45, 7) is 3.19. The number of thioether (sulfide) groups is 1. The van der Waals surface area contributed by atoms with E-state index >= 15 is 0 Å². The number of hydrogen-bond acceptors (Lipinski definition) is 8. The van der Waals surface area contributed by atoms with Gasteiger partial charge in [-0.1, -0.05) is 35.1 Å². The Labute approximate surface area is 189 Å². The summed E-state index contributed by atoms with van der Waals surface area (Å²) >= 11 is 1.22. The molecule has 170 valence electrons. The van der Waals surface area contributed by atoms with Gasteiger partial charge < -0.3 is 9.84 Å². The van der Waals surface area contributed by atoms with Crippen molar-refractivity contribution in [2.24, 2.45) is 0 Å². The van der Waals surface area contributed by atoms with Gasteiger partial charge in [-0.25, -0.2) is 0 Å². The highest BCUT2D eigenvalue weighted by Crippen LogP contribution is 2.35. The van der Waals surface area contributed by atoms with Gasteiger partial charge in [-0.2, -0.15) is 22.8 Å². The molecule has 0 aliphatic heterocycles. The zero-order chi connectivity index (χ0) is 23.6. The third-order valence-electron chi connectivity index (χ3n) is 4.37. The molecule has 9 nitrogen and oxygen atoms in total. The van der Waals surface area contributed by atoms with Crippen molar-refractivity contribution in [3.05, 3.63) is 60.0 Å². The molecule has 4 rings (SSSR count). The van der Waals surface area contributed by atoms with Crippen LogP contribution >= 0.6 is 11.8 Å². The molecule has 0 radical (unpaired) electrons. The van der Waals surface area contributed by atoms with E-state index in [9.17, 15) is 18.0 Å². The van der Waals surface area contributed by atoms with Crippen LogP contribution in [0.3, 0.4) is 0 Å². The van der Waals surface area contributed by atoms with Crippen LogP contribution in [0.1, 0.15) is 30.6 Å². The lowest BCUT2D eigenvalue weighted by Gasteiger charge is -2.09. The summed E-state index contributed by atoms with van der Waals surface area (Å²) in [5, 5.41) is 18.2. The Morgan fingerprint density at radius 1 is 1.18 bits per heavy atom. The number of aromatic nitrogens is 6. The molecule has 0 aliphatic rings. The number of carbonyl (C=O) groups excluding carboxylic acids is 1. The van der Waals surface area contributed by atoms with Crippen LogP contribution in [-0.4, -0.2) is 36.3 Å². The molecule has 0 bridgehead atoms. The minimum Gasteiger partial charge on any atom is -0.338 e. The Hall–Kier alpha value is -3.74. The van der Waals surface area contributed by atoms with Crippen molar-refractivity contribution in [1.82, 2.24) is 30.3 Å². The van der Waals surface area contributed by atoms with Gasteiger partial charge in [0.1, 0.15) is 0 Å². The van der Waals surface area contributed by atoms with Crippen LogP contribution in [0.2, 0.25) is 0 Å². The van der Waals surface area contributed by atoms with Crippen LogP contribution in [0, 0.1) is 0 Å². The first-order valence-corrected chi connectivity index (χ1v) is 10.4. The molecular formula is C20H16F3N7O2S. The fourth-order valence-electron chi connectivity index (χ4n) is 2.89. The molecule has 4 aromatic rings. The van der Waals surface area contributed by atoms with Crippen molar-refractivity contribution < 1.29 is 22.5 Å². The number of benzene rings is 2. The maximum absolute atomic E-state index is 13.0. The molecule has 1 unspecified atom stereocenters. The molecule has 0 spiro atoms. The zero-order valence-corrected chi connectivity index (χ0v) is 18.1. The summed E-state index contributed by atoms with van der Waals surface area (Å²) in [7, 11) is 0. The smallest absolute Gasteiger partial charge is 0.338 e. The molecule has 1 amide bonds. The number of carbonyl (C=O) groups is 1. The Morgan fingerprint density at radius 2 is 1.97 bits per heavy atom. The Morgan fingerprint density at radius 3 is 2.73 bits per heavy atom. The van der Waals surface area contributed by atoms with E-state index in [-0.39, 0.29) is 23.2 Å². The summed E-state index contributed by atoms with van der Waals surface area (Å²) in [4.78, 5) is 15.6. The number of amides is 1. The van der Waals surface area contributed by atoms with E-state index in [0.717, 1.165) is 12.1 Å². The van der Waals surface area contributed by atoms with E-state index < -0.39 is 17.0 Å². The van der Waals surface area contributed by atoms with Gasteiger partial charge in [0.15, 0.2) is 0 Å². The SMILES string of the molecule is CC(=O)Nc1cccc(-n2nnnc2SC(C)c2nc(-c3cccc(C(F)(F)F)c3)no2)c1. The highest BCUT2D eigenvalue weighted by atomic mass is 32.2. The Kier molecular flexibility index (Phi) is 6.14. The molecular weight excluding hydrogens is 459 g/mol. The van der Waals surface area contributed by atoms with E-state index in [0.29, 0.717) is 16.5 Å². The second kappa shape index (κ2) is 9.02. The fraction of sp³-hybridized carbons (Fsp3) is 0.200. The third-order valence-corrected chi connectivity index (χ3v) is 5.39. The average Bonchev–Trinajstić information content (AvgIpc) is 3.43. The van der Waals surface area contributed by atoms with Crippen molar-refractivity contribution in [2.75, 3.05) is 5.32 Å². The molecule has 33 heavy (non-hydrogen) atoms. The maximum Gasteiger partial charge on any atom is 0.416 e. The van der Waals surface area contributed by atoms with Crippen molar-refractivity contribution in [2.45, 2.75) is 30.4 Å². The number of rotatable bonds is 6. The van der Waals surface area contributed by atoms with Gasteiger partial charge in [0.05, 0.1) is 16.5 Å². The summed E-state index contributed by atoms with van der Waals surface area (Å²) in [6.07, 6.45) is -4.47. The van der Waals surface area contributed by atoms with Gasteiger partial charge in [-0.05, 0) is 47.7 Å². The summed E-state index contributed by atoms with van der Waals surface area (Å²) in [6, 6.07) is 11.7. The van der Waals surface area contributed by atoms with Gasteiger partial charge in [-0.3, -0.25) is 4.79 Å². The molecule has 0 saturated carbocycles. The number of halogens is 3. The predicted octanol–water partition coefficient (Wildman–Crippen LogP) is 4.54. The van der Waals surface area contributed by atoms with E-state index in [1.807, 2.05) is 0 Å². The molecule has 2 heterocycles. The predicted molar refractivity (Wildman–Crippen MR) is 112 cm³/mol. The molecule has 0 aliphatic carbocycles. The molecule has 2 aromatic heterocycles. The molecule has 0 fully saturated rings. The quantitative estimate of drug-likeness (QED) is 0.405. The second-order valence-electron chi connectivity index (χ2n) is 6.90. The van der Waals surface area contributed by atoms with Crippen LogP contribution in [-0.2, 0) is 11.0 Å². The first-order chi connectivity index (χ1) is 15.7. The van der Waals surface area contributed by atoms with Crippen LogP contribution in [0.4, 0.5) is 18.9 Å². The maximum atomic E-state index is 13.0. The Balaban J connectivity index is 1.54. The van der Waals surface area contributed by atoms with E-state index in [2.05, 4.69) is 31.0 Å². The lowest BCUT2D eigenvalue weighted by molar-refractivity contribution is -0.137. The average molecular weight is 475 g/mol. The fourth-order valence-corrected chi connectivity index (χ4v) is 3.73. The normalized spacial score (nSPS) is 12.5. The number of anilines is 1. The molecule has 2 aromatic carbocycles. The highest BCUT2D eigenvalue weighted by Gasteiger charge is 2.31. The number of nitrogens with one attached hydrogen (secondary N) is 1. The lowest BCUT2D eigenvalue weighted by Crippen LogP contribution is -2.07. The number of hydrogen-bond donors (Lipinski definition) is 1. The largest absolute Gasteiger partial charge is 0.416 e. The van der Waals surface area contributed by atoms with Crippen LogP contribution in [0.15, 0.2) is 58.2 Å². The molecule has 1 N–H and O–H groups in total. The zero-order valence-electron chi connectivity index (χ0n) is 17.2. The molecule has 13 heteroatoms. The lowest BCUT2D eigenvalue weighted by atomic mass is 10.1. The van der Waals surface area contributed by atoms with Crippen molar-refractivity contribution in [3.8, 4) is 17.1 Å². The van der Waals surface area contributed by atoms with Crippen molar-refractivity contribution >= 4 is 23.4 Å². The number of nitrogens with zero attached hydrogens (tertiary/aromatic N) is 6. The van der Waals surface area contributed by atoms with Gasteiger partial charge in [-0.15, -0.1) is 5.10 Å². The van der Waals surface area contributed by atoms with E-state index in [1.54, 1.807) is 31.2 Å². The monoisotopic (exact) mass is 475 g/mol. The van der Waals surface area contributed by atoms with Crippen LogP contribution in [0.25, 0.3) is 17.1 Å². The Bertz CT molecular complexity index is 1290. The summed E-state index contributed by atoms with van der Waals surface area (Å²) < 4.78 is 45.7. The van der Waals surface area contributed by atoms with Gasteiger partial charge in [0.2, 0.25) is 22.8 Å². The first-order valence-electron chi connectivity index (χ1n) is 9.55. The minimum atomic E-state index is -4.47. The number of tetrazole rings is 1. The molecule has 0 saturated heterocycles. The summed E-state index contributed by atoms with van der Waals surface area (Å²) in [5.74, 6) is 0.0418. The summed E-state index contributed by atoms with van der Waals surface area (Å²) in [5.41, 5.74) is 0.601. The first kappa shape index (κ1) is 22.5. The molecule has 1 atom stereocenters. The van der Waals surface area contributed by atoms with Gasteiger partial charge >= 0.3 is 6.18 Å². The highest BCUT2D eigenvalue weighted by molar-refractivity contribution is 7.99. The van der Waals surface area contributed by atoms with Crippen molar-refractivity contribution in [3.63, 3.8) is 0 Å². The van der Waals surface area contributed by atoms with Crippen molar-refractivity contribution in [1.29, 1.82) is 0 Å². The van der Waals surface area contributed by atoms with Crippen LogP contribution in [0.5, 0.6) is 0 Å². The topological polar surface area (TPSA) is 112 Å². The second-order valence-corrected chi connectivity index (χ2v) is 8.21. The third kappa shape index (κ3) is 5.19. The van der Waals surface area contributed by atoms with Gasteiger partial charge in [0, 0.05) is 18.2 Å². The van der Waals surface area contributed by atoms with Gasteiger partial charge in [0.25, 0.3) is 0 Å². The minimum absolute atomic E-state index is 0.0474. The van der Waals surface area contributed by atoms with E-state index in [1.165, 1.54) is 35.5 Å². The van der Waals surface area contributed by atoms with Crippen LogP contribution < -0.4 is 5.32 Å². The standard InChI is InChI=1S/C20H16F3N7O2S/c1-11(18-25-17(27-32-18)13-5-3-6-14(9-13)20(21,22)23)33-19-26-28-29-30(19)16-8-4-7-15(10-16)24-12(2)31/h3-11H,1-2H3,(H,24,31). The number of alkyl halides is 3.